The van der Waals surface area contributed by atoms with Crippen LogP contribution in [0.1, 0.15) is 24.1 Å². The molecular weight excluding hydrogens is 255 g/mol. The number of methoxy groups -OCH3 is 1. The molecule has 0 fully saturated rings. The van der Waals surface area contributed by atoms with E-state index in [9.17, 15) is 4.39 Å². The van der Waals surface area contributed by atoms with Crippen LogP contribution < -0.4 is 10.1 Å². The molecule has 0 aliphatic heterocycles. The van der Waals surface area contributed by atoms with Crippen molar-refractivity contribution in [1.29, 1.82) is 5.26 Å². The zero-order valence-electron chi connectivity index (χ0n) is 11.4. The second-order valence-corrected chi connectivity index (χ2v) is 4.42. The molecular formula is C16H15FN2O. The fourth-order valence-electron chi connectivity index (χ4n) is 1.97. The predicted molar refractivity (Wildman–Crippen MR) is 76.1 cm³/mol. The number of halogens is 1. The Labute approximate surface area is 117 Å². The number of hydrogen-bond donors (Lipinski definition) is 1. The molecule has 20 heavy (non-hydrogen) atoms. The van der Waals surface area contributed by atoms with Crippen molar-refractivity contribution in [3.63, 3.8) is 0 Å². The molecule has 0 aromatic heterocycles. The monoisotopic (exact) mass is 270 g/mol. The maximum atomic E-state index is 13.4. The normalized spacial score (nSPS) is 11.5. The molecule has 2 rings (SSSR count). The van der Waals surface area contributed by atoms with Gasteiger partial charge in [0.1, 0.15) is 6.07 Å². The van der Waals surface area contributed by atoms with Crippen molar-refractivity contribution in [3.05, 3.63) is 59.4 Å². The number of ether oxygens (including phenoxy) is 1. The molecule has 1 N–H and O–H groups in total. The molecule has 102 valence electrons. The van der Waals surface area contributed by atoms with Crippen LogP contribution >= 0.6 is 0 Å². The van der Waals surface area contributed by atoms with E-state index in [1.807, 2.05) is 25.1 Å². The van der Waals surface area contributed by atoms with Crippen LogP contribution in [0.3, 0.4) is 0 Å². The third-order valence-corrected chi connectivity index (χ3v) is 3.09. The zero-order chi connectivity index (χ0) is 14.5. The van der Waals surface area contributed by atoms with E-state index in [0.717, 1.165) is 11.3 Å². The van der Waals surface area contributed by atoms with Gasteiger partial charge in [-0.1, -0.05) is 18.2 Å². The molecule has 0 saturated carbocycles. The molecule has 0 radical (unpaired) electrons. The number of para-hydroxylation sites is 1. The molecule has 0 amide bonds. The number of anilines is 1. The van der Waals surface area contributed by atoms with Gasteiger partial charge in [0.15, 0.2) is 11.6 Å². The van der Waals surface area contributed by atoms with Crippen molar-refractivity contribution >= 4 is 5.69 Å². The quantitative estimate of drug-likeness (QED) is 0.917. The topological polar surface area (TPSA) is 45.0 Å². The molecule has 1 unspecified atom stereocenters. The van der Waals surface area contributed by atoms with Crippen LogP contribution in [0.15, 0.2) is 42.5 Å². The van der Waals surface area contributed by atoms with Gasteiger partial charge in [-0.15, -0.1) is 0 Å². The molecule has 4 heteroatoms. The summed E-state index contributed by atoms with van der Waals surface area (Å²) in [5.74, 6) is -0.175. The van der Waals surface area contributed by atoms with Gasteiger partial charge in [0.05, 0.1) is 18.4 Å². The van der Waals surface area contributed by atoms with Crippen LogP contribution in [0.4, 0.5) is 10.1 Å². The van der Waals surface area contributed by atoms with Crippen LogP contribution in [-0.2, 0) is 0 Å². The predicted octanol–water partition coefficient (Wildman–Crippen LogP) is 3.88. The van der Waals surface area contributed by atoms with E-state index in [4.69, 9.17) is 10.00 Å². The van der Waals surface area contributed by atoms with E-state index in [-0.39, 0.29) is 17.6 Å². The highest BCUT2D eigenvalue weighted by Gasteiger charge is 2.11. The first-order valence-electron chi connectivity index (χ1n) is 6.25. The van der Waals surface area contributed by atoms with Gasteiger partial charge in [-0.05, 0) is 36.8 Å². The number of rotatable bonds is 4. The fraction of sp³-hybridized carbons (Fsp3) is 0.188. The third-order valence-electron chi connectivity index (χ3n) is 3.09. The van der Waals surface area contributed by atoms with Crippen LogP contribution in [0.5, 0.6) is 5.75 Å². The van der Waals surface area contributed by atoms with Gasteiger partial charge in [0.25, 0.3) is 0 Å². The van der Waals surface area contributed by atoms with E-state index < -0.39 is 0 Å². The van der Waals surface area contributed by atoms with Gasteiger partial charge >= 0.3 is 0 Å². The summed E-state index contributed by atoms with van der Waals surface area (Å²) in [6, 6.07) is 14.1. The summed E-state index contributed by atoms with van der Waals surface area (Å²) in [5.41, 5.74) is 2.22. The molecule has 2 aromatic rings. The van der Waals surface area contributed by atoms with E-state index >= 15 is 0 Å². The largest absolute Gasteiger partial charge is 0.494 e. The lowest BCUT2D eigenvalue weighted by Gasteiger charge is -2.17. The molecule has 3 nitrogen and oxygen atoms in total. The average molecular weight is 270 g/mol. The smallest absolute Gasteiger partial charge is 0.165 e. The van der Waals surface area contributed by atoms with Crippen molar-refractivity contribution in [2.75, 3.05) is 12.4 Å². The lowest BCUT2D eigenvalue weighted by atomic mass is 10.1. The maximum absolute atomic E-state index is 13.4. The molecule has 2 aromatic carbocycles. The van der Waals surface area contributed by atoms with Gasteiger partial charge in [-0.25, -0.2) is 4.39 Å². The molecule has 0 bridgehead atoms. The first-order valence-corrected chi connectivity index (χ1v) is 6.25. The summed E-state index contributed by atoms with van der Waals surface area (Å²) in [4.78, 5) is 0. The lowest BCUT2D eigenvalue weighted by molar-refractivity contribution is 0.385. The second kappa shape index (κ2) is 6.07. The Bertz CT molecular complexity index is 649. The van der Waals surface area contributed by atoms with Gasteiger partial charge in [-0.3, -0.25) is 0 Å². The summed E-state index contributed by atoms with van der Waals surface area (Å²) < 4.78 is 18.4. The molecule has 0 aliphatic rings. The Kier molecular flexibility index (Phi) is 4.21. The van der Waals surface area contributed by atoms with Crippen molar-refractivity contribution in [1.82, 2.24) is 0 Å². The van der Waals surface area contributed by atoms with Crippen molar-refractivity contribution in [2.24, 2.45) is 0 Å². The van der Waals surface area contributed by atoms with Crippen molar-refractivity contribution < 1.29 is 9.13 Å². The average Bonchev–Trinajstić information content (AvgIpc) is 2.48. The number of benzene rings is 2. The summed E-state index contributed by atoms with van der Waals surface area (Å²) in [6.45, 7) is 1.95. The lowest BCUT2D eigenvalue weighted by Crippen LogP contribution is -2.08. The minimum Gasteiger partial charge on any atom is -0.494 e. The Morgan fingerprint density at radius 1 is 1.25 bits per heavy atom. The van der Waals surface area contributed by atoms with E-state index in [0.29, 0.717) is 5.56 Å². The van der Waals surface area contributed by atoms with Crippen LogP contribution in [-0.4, -0.2) is 7.11 Å². The maximum Gasteiger partial charge on any atom is 0.165 e. The standard InChI is InChI=1S/C16H15FN2O/c1-11(12-7-8-14(17)16(9-12)20-2)19-15-6-4-3-5-13(15)10-18/h3-9,11,19H,1-2H3. The van der Waals surface area contributed by atoms with Gasteiger partial charge in [0.2, 0.25) is 0 Å². The third kappa shape index (κ3) is 2.89. The Morgan fingerprint density at radius 3 is 2.70 bits per heavy atom. The van der Waals surface area contributed by atoms with Crippen molar-refractivity contribution in [2.45, 2.75) is 13.0 Å². The SMILES string of the molecule is COc1cc(C(C)Nc2ccccc2C#N)ccc1F. The van der Waals surface area contributed by atoms with Gasteiger partial charge in [-0.2, -0.15) is 5.26 Å². The number of hydrogen-bond acceptors (Lipinski definition) is 3. The van der Waals surface area contributed by atoms with E-state index in [1.165, 1.54) is 13.2 Å². The minimum atomic E-state index is -0.388. The summed E-state index contributed by atoms with van der Waals surface area (Å²) >= 11 is 0. The Hall–Kier alpha value is -2.54. The minimum absolute atomic E-state index is 0.0704. The summed E-state index contributed by atoms with van der Waals surface area (Å²) in [6.07, 6.45) is 0. The van der Waals surface area contributed by atoms with Crippen LogP contribution in [0.2, 0.25) is 0 Å². The van der Waals surface area contributed by atoms with E-state index in [1.54, 1.807) is 18.2 Å². The second-order valence-electron chi connectivity index (χ2n) is 4.42. The van der Waals surface area contributed by atoms with Gasteiger partial charge < -0.3 is 10.1 Å². The first kappa shape index (κ1) is 13.9. The first-order chi connectivity index (χ1) is 9.65. The highest BCUT2D eigenvalue weighted by atomic mass is 19.1. The summed E-state index contributed by atoms with van der Waals surface area (Å²) in [7, 11) is 1.44. The molecule has 0 heterocycles. The molecule has 0 spiro atoms. The van der Waals surface area contributed by atoms with Crippen LogP contribution in [0.25, 0.3) is 0 Å². The Balaban J connectivity index is 2.24. The van der Waals surface area contributed by atoms with E-state index in [2.05, 4.69) is 11.4 Å². The Morgan fingerprint density at radius 2 is 2.00 bits per heavy atom. The van der Waals surface area contributed by atoms with Gasteiger partial charge in [0, 0.05) is 6.04 Å². The van der Waals surface area contributed by atoms with Crippen LogP contribution in [0, 0.1) is 17.1 Å². The highest BCUT2D eigenvalue weighted by Crippen LogP contribution is 2.26. The zero-order valence-corrected chi connectivity index (χ0v) is 11.4. The highest BCUT2D eigenvalue weighted by molar-refractivity contribution is 5.58. The number of nitrogens with one attached hydrogen (secondary N) is 1. The fourth-order valence-corrected chi connectivity index (χ4v) is 1.97. The molecule has 1 atom stereocenters. The number of nitrogens with zero attached hydrogens (tertiary/aromatic N) is 1. The molecule has 0 saturated heterocycles. The molecule has 0 aliphatic carbocycles. The number of nitriles is 1. The summed E-state index contributed by atoms with van der Waals surface area (Å²) in [5, 5.41) is 12.3. The van der Waals surface area contributed by atoms with Crippen molar-refractivity contribution in [3.8, 4) is 11.8 Å².